The summed E-state index contributed by atoms with van der Waals surface area (Å²) in [6.45, 7) is 2.92. The summed E-state index contributed by atoms with van der Waals surface area (Å²) in [7, 11) is 0. The second kappa shape index (κ2) is 7.19. The number of para-hydroxylation sites is 2. The molecule has 0 aliphatic carbocycles. The summed E-state index contributed by atoms with van der Waals surface area (Å²) in [5, 5.41) is 5.66. The van der Waals surface area contributed by atoms with E-state index >= 15 is 0 Å². The molecule has 2 aliphatic rings. The molecule has 0 radical (unpaired) electrons. The number of ether oxygens (including phenoxy) is 3. The molecule has 2 aliphatic heterocycles. The van der Waals surface area contributed by atoms with Crippen molar-refractivity contribution < 1.29 is 23.8 Å². The Bertz CT molecular complexity index is 882. The van der Waals surface area contributed by atoms with E-state index in [9.17, 15) is 9.59 Å². The third-order valence-electron chi connectivity index (χ3n) is 4.52. The van der Waals surface area contributed by atoms with E-state index in [0.717, 1.165) is 5.56 Å². The van der Waals surface area contributed by atoms with Crippen LogP contribution in [0.3, 0.4) is 0 Å². The number of carbonyl (C=O) groups is 2. The average Bonchev–Trinajstić information content (AvgIpc) is 2.68. The van der Waals surface area contributed by atoms with Crippen LogP contribution in [-0.2, 0) is 9.59 Å². The summed E-state index contributed by atoms with van der Waals surface area (Å²) in [5.41, 5.74) is 1.51. The van der Waals surface area contributed by atoms with Crippen molar-refractivity contribution in [2.24, 2.45) is 0 Å². The van der Waals surface area contributed by atoms with Crippen molar-refractivity contribution in [3.63, 3.8) is 0 Å². The lowest BCUT2D eigenvalue weighted by atomic mass is 10.1. The first-order valence-corrected chi connectivity index (χ1v) is 8.85. The molecule has 7 nitrogen and oxygen atoms in total. The maximum atomic E-state index is 12.4. The first-order chi connectivity index (χ1) is 13.1. The smallest absolute Gasteiger partial charge is 0.266 e. The van der Waals surface area contributed by atoms with Gasteiger partial charge < -0.3 is 24.8 Å². The summed E-state index contributed by atoms with van der Waals surface area (Å²) in [4.78, 5) is 24.6. The molecule has 2 amide bonds. The maximum Gasteiger partial charge on any atom is 0.266 e. The van der Waals surface area contributed by atoms with Gasteiger partial charge in [-0.3, -0.25) is 9.59 Å². The lowest BCUT2D eigenvalue weighted by Crippen LogP contribution is -2.41. The highest BCUT2D eigenvalue weighted by Gasteiger charge is 2.30. The van der Waals surface area contributed by atoms with E-state index < -0.39 is 6.10 Å². The van der Waals surface area contributed by atoms with Crippen molar-refractivity contribution in [1.82, 2.24) is 5.32 Å². The van der Waals surface area contributed by atoms with E-state index in [4.69, 9.17) is 14.2 Å². The highest BCUT2D eigenvalue weighted by Crippen LogP contribution is 2.33. The highest BCUT2D eigenvalue weighted by molar-refractivity contribution is 5.99. The predicted octanol–water partition coefficient (Wildman–Crippen LogP) is 2.42. The summed E-state index contributed by atoms with van der Waals surface area (Å²) < 4.78 is 16.8. The Balaban J connectivity index is 1.38. The number of hydrogen-bond acceptors (Lipinski definition) is 5. The fourth-order valence-electron chi connectivity index (χ4n) is 3.11. The minimum absolute atomic E-state index is 0.0605. The first-order valence-electron chi connectivity index (χ1n) is 8.85. The fraction of sp³-hybridized carbons (Fsp3) is 0.300. The number of carbonyl (C=O) groups excluding carboxylic acids is 2. The van der Waals surface area contributed by atoms with Crippen LogP contribution in [0, 0.1) is 0 Å². The zero-order chi connectivity index (χ0) is 18.8. The van der Waals surface area contributed by atoms with Gasteiger partial charge in [-0.2, -0.15) is 0 Å². The Morgan fingerprint density at radius 3 is 2.78 bits per heavy atom. The van der Waals surface area contributed by atoms with Crippen molar-refractivity contribution in [1.29, 1.82) is 0 Å². The van der Waals surface area contributed by atoms with Crippen molar-refractivity contribution in [2.75, 3.05) is 18.5 Å². The lowest BCUT2D eigenvalue weighted by Gasteiger charge is -2.26. The van der Waals surface area contributed by atoms with Gasteiger partial charge in [0.25, 0.3) is 5.91 Å². The summed E-state index contributed by atoms with van der Waals surface area (Å²) in [5.74, 6) is 1.35. The molecule has 27 heavy (non-hydrogen) atoms. The van der Waals surface area contributed by atoms with Gasteiger partial charge in [-0.1, -0.05) is 18.2 Å². The van der Waals surface area contributed by atoms with Crippen molar-refractivity contribution >= 4 is 17.5 Å². The Kier molecular flexibility index (Phi) is 4.58. The standard InChI is InChI=1S/C20H20N2O5/c1-12(13-6-7-16-17(10-13)26-9-8-25-16)21-19(23)11-18-20(24)22-14-4-2-3-5-15(14)27-18/h2-7,10,12,18H,8-9,11H2,1H3,(H,21,23)(H,22,24)/t12-,18+/m1/s1. The minimum atomic E-state index is -0.854. The molecular formula is C20H20N2O5. The third kappa shape index (κ3) is 3.67. The zero-order valence-corrected chi connectivity index (χ0v) is 14.9. The van der Waals surface area contributed by atoms with Crippen LogP contribution in [-0.4, -0.2) is 31.1 Å². The van der Waals surface area contributed by atoms with E-state index in [0.29, 0.717) is 36.1 Å². The second-order valence-corrected chi connectivity index (χ2v) is 6.49. The summed E-state index contributed by atoms with van der Waals surface area (Å²) >= 11 is 0. The molecule has 0 spiro atoms. The first kappa shape index (κ1) is 17.2. The van der Waals surface area contributed by atoms with Gasteiger partial charge in [0.05, 0.1) is 18.2 Å². The number of amides is 2. The quantitative estimate of drug-likeness (QED) is 0.866. The number of benzene rings is 2. The molecule has 2 atom stereocenters. The van der Waals surface area contributed by atoms with Gasteiger partial charge in [0.15, 0.2) is 17.6 Å². The zero-order valence-electron chi connectivity index (χ0n) is 14.9. The van der Waals surface area contributed by atoms with Crippen LogP contribution in [0.1, 0.15) is 24.9 Å². The molecule has 0 fully saturated rings. The van der Waals surface area contributed by atoms with E-state index in [1.165, 1.54) is 0 Å². The topological polar surface area (TPSA) is 85.9 Å². The molecular weight excluding hydrogens is 348 g/mol. The molecule has 0 unspecified atom stereocenters. The monoisotopic (exact) mass is 368 g/mol. The average molecular weight is 368 g/mol. The minimum Gasteiger partial charge on any atom is -0.486 e. The van der Waals surface area contributed by atoms with Crippen LogP contribution in [0.5, 0.6) is 17.2 Å². The third-order valence-corrected chi connectivity index (χ3v) is 4.52. The number of nitrogens with one attached hydrogen (secondary N) is 2. The molecule has 4 rings (SSSR count). The molecule has 2 aromatic carbocycles. The molecule has 0 saturated carbocycles. The van der Waals surface area contributed by atoms with Gasteiger partial charge in [0.2, 0.25) is 5.91 Å². The van der Waals surface area contributed by atoms with E-state index in [1.54, 1.807) is 12.1 Å². The molecule has 0 bridgehead atoms. The normalized spacial score (nSPS) is 18.6. The van der Waals surface area contributed by atoms with Crippen LogP contribution in [0.2, 0.25) is 0 Å². The van der Waals surface area contributed by atoms with Gasteiger partial charge in [-0.05, 0) is 36.8 Å². The number of rotatable bonds is 4. The van der Waals surface area contributed by atoms with Crippen LogP contribution in [0.4, 0.5) is 5.69 Å². The Labute approximate surface area is 156 Å². The molecule has 0 saturated heterocycles. The van der Waals surface area contributed by atoms with E-state index in [-0.39, 0.29) is 24.3 Å². The second-order valence-electron chi connectivity index (χ2n) is 6.49. The maximum absolute atomic E-state index is 12.4. The number of anilines is 1. The summed E-state index contributed by atoms with van der Waals surface area (Å²) in [6, 6.07) is 12.5. The van der Waals surface area contributed by atoms with Gasteiger partial charge in [0, 0.05) is 0 Å². The lowest BCUT2D eigenvalue weighted by molar-refractivity contribution is -0.130. The highest BCUT2D eigenvalue weighted by atomic mass is 16.6. The molecule has 2 N–H and O–H groups in total. The molecule has 0 aromatic heterocycles. The van der Waals surface area contributed by atoms with Gasteiger partial charge in [0.1, 0.15) is 19.0 Å². The van der Waals surface area contributed by atoms with Crippen molar-refractivity contribution in [2.45, 2.75) is 25.5 Å². The van der Waals surface area contributed by atoms with E-state index in [2.05, 4.69) is 10.6 Å². The number of fused-ring (bicyclic) bond motifs is 2. The van der Waals surface area contributed by atoms with Gasteiger partial charge in [-0.15, -0.1) is 0 Å². The largest absolute Gasteiger partial charge is 0.486 e. The summed E-state index contributed by atoms with van der Waals surface area (Å²) in [6.07, 6.45) is -0.915. The molecule has 7 heteroatoms. The number of hydrogen-bond donors (Lipinski definition) is 2. The van der Waals surface area contributed by atoms with Gasteiger partial charge in [-0.25, -0.2) is 0 Å². The molecule has 2 heterocycles. The fourth-order valence-corrected chi connectivity index (χ4v) is 3.11. The predicted molar refractivity (Wildman–Crippen MR) is 98.1 cm³/mol. The van der Waals surface area contributed by atoms with Crippen LogP contribution in [0.15, 0.2) is 42.5 Å². The van der Waals surface area contributed by atoms with E-state index in [1.807, 2.05) is 37.3 Å². The SMILES string of the molecule is C[C@@H](NC(=O)C[C@@H]1Oc2ccccc2NC1=O)c1ccc2c(c1)OCCO2. The van der Waals surface area contributed by atoms with Crippen molar-refractivity contribution in [3.8, 4) is 17.2 Å². The van der Waals surface area contributed by atoms with Crippen molar-refractivity contribution in [3.05, 3.63) is 48.0 Å². The van der Waals surface area contributed by atoms with Gasteiger partial charge >= 0.3 is 0 Å². The Morgan fingerprint density at radius 2 is 1.93 bits per heavy atom. The Hall–Kier alpha value is -3.22. The molecule has 2 aromatic rings. The van der Waals surface area contributed by atoms with Crippen LogP contribution in [0.25, 0.3) is 0 Å². The van der Waals surface area contributed by atoms with Crippen LogP contribution >= 0.6 is 0 Å². The Morgan fingerprint density at radius 1 is 1.15 bits per heavy atom. The molecule has 140 valence electrons. The van der Waals surface area contributed by atoms with Crippen LogP contribution < -0.4 is 24.8 Å².